The van der Waals surface area contributed by atoms with Crippen LogP contribution >= 0.6 is 0 Å². The molecule has 0 saturated heterocycles. The molecule has 0 bridgehead atoms. The molecule has 0 radical (unpaired) electrons. The highest BCUT2D eigenvalue weighted by atomic mass is 15.0. The summed E-state index contributed by atoms with van der Waals surface area (Å²) in [6.45, 7) is 3.07. The monoisotopic (exact) mass is 244 g/mol. The molecule has 4 nitrogen and oxygen atoms in total. The van der Waals surface area contributed by atoms with Crippen LogP contribution in [0.5, 0.6) is 0 Å². The lowest BCUT2D eigenvalue weighted by Gasteiger charge is -2.17. The second-order valence-corrected chi connectivity index (χ2v) is 4.36. The van der Waals surface area contributed by atoms with Gasteiger partial charge in [0.25, 0.3) is 0 Å². The van der Waals surface area contributed by atoms with E-state index in [0.717, 1.165) is 30.9 Å². The van der Waals surface area contributed by atoms with Crippen LogP contribution in [0.25, 0.3) is 0 Å². The first-order valence-electron chi connectivity index (χ1n) is 6.41. The van der Waals surface area contributed by atoms with Gasteiger partial charge in [-0.3, -0.25) is 4.98 Å². The average Bonchev–Trinajstić information content (AvgIpc) is 2.81. The number of nitrogens with zero attached hydrogens (tertiary/aromatic N) is 3. The van der Waals surface area contributed by atoms with Crippen molar-refractivity contribution in [2.24, 2.45) is 7.05 Å². The van der Waals surface area contributed by atoms with Crippen molar-refractivity contribution in [1.82, 2.24) is 19.9 Å². The van der Waals surface area contributed by atoms with Gasteiger partial charge in [0.05, 0.1) is 5.69 Å². The Hall–Kier alpha value is -1.68. The zero-order valence-electron chi connectivity index (χ0n) is 11.0. The Labute approximate surface area is 108 Å². The van der Waals surface area contributed by atoms with Crippen LogP contribution in [0.2, 0.25) is 0 Å². The summed E-state index contributed by atoms with van der Waals surface area (Å²) in [7, 11) is 2.03. The number of imidazole rings is 1. The second kappa shape index (κ2) is 6.31. The highest BCUT2D eigenvalue weighted by Gasteiger charge is 2.12. The van der Waals surface area contributed by atoms with Gasteiger partial charge >= 0.3 is 0 Å². The topological polar surface area (TPSA) is 42.7 Å². The molecule has 0 aromatic carbocycles. The molecule has 0 aliphatic heterocycles. The van der Waals surface area contributed by atoms with Crippen LogP contribution < -0.4 is 5.32 Å². The molecule has 0 spiro atoms. The minimum absolute atomic E-state index is 0.299. The molecule has 18 heavy (non-hydrogen) atoms. The Bertz CT molecular complexity index is 464. The molecule has 2 heterocycles. The summed E-state index contributed by atoms with van der Waals surface area (Å²) < 4.78 is 2.07. The Kier molecular flexibility index (Phi) is 4.47. The molecule has 0 aliphatic carbocycles. The Morgan fingerprint density at radius 2 is 2.17 bits per heavy atom. The Morgan fingerprint density at radius 1 is 1.28 bits per heavy atom. The minimum Gasteiger partial charge on any atom is -0.338 e. The summed E-state index contributed by atoms with van der Waals surface area (Å²) in [4.78, 5) is 8.79. The van der Waals surface area contributed by atoms with E-state index in [-0.39, 0.29) is 0 Å². The number of aromatic nitrogens is 3. The van der Waals surface area contributed by atoms with Crippen molar-refractivity contribution in [2.45, 2.75) is 25.8 Å². The van der Waals surface area contributed by atoms with Crippen molar-refractivity contribution < 1.29 is 0 Å². The van der Waals surface area contributed by atoms with Gasteiger partial charge < -0.3 is 9.88 Å². The van der Waals surface area contributed by atoms with Crippen LogP contribution in [0.4, 0.5) is 0 Å². The zero-order chi connectivity index (χ0) is 12.8. The molecular weight excluding hydrogens is 224 g/mol. The van der Waals surface area contributed by atoms with Gasteiger partial charge in [-0.05, 0) is 25.1 Å². The van der Waals surface area contributed by atoms with E-state index in [2.05, 4.69) is 32.8 Å². The number of hydrogen-bond acceptors (Lipinski definition) is 3. The maximum Gasteiger partial charge on any atom is 0.108 e. The van der Waals surface area contributed by atoms with Crippen molar-refractivity contribution in [2.75, 3.05) is 6.54 Å². The van der Waals surface area contributed by atoms with Crippen LogP contribution in [0.15, 0.2) is 36.8 Å². The van der Waals surface area contributed by atoms with Crippen LogP contribution in [0, 0.1) is 0 Å². The minimum atomic E-state index is 0.299. The first-order valence-corrected chi connectivity index (χ1v) is 6.41. The molecule has 0 aliphatic rings. The van der Waals surface area contributed by atoms with Crippen molar-refractivity contribution in [3.05, 3.63) is 48.3 Å². The van der Waals surface area contributed by atoms with Gasteiger partial charge in [0.15, 0.2) is 0 Å². The third kappa shape index (κ3) is 3.17. The van der Waals surface area contributed by atoms with E-state index in [1.807, 2.05) is 37.8 Å². The Morgan fingerprint density at radius 3 is 2.78 bits per heavy atom. The fourth-order valence-electron chi connectivity index (χ4n) is 2.09. The molecule has 1 atom stereocenters. The molecule has 1 unspecified atom stereocenters. The quantitative estimate of drug-likeness (QED) is 0.846. The second-order valence-electron chi connectivity index (χ2n) is 4.36. The van der Waals surface area contributed by atoms with Crippen LogP contribution in [0.1, 0.15) is 30.9 Å². The molecule has 96 valence electrons. The van der Waals surface area contributed by atoms with Gasteiger partial charge in [0.1, 0.15) is 5.82 Å². The molecule has 1 N–H and O–H groups in total. The van der Waals surface area contributed by atoms with E-state index >= 15 is 0 Å². The van der Waals surface area contributed by atoms with E-state index in [4.69, 9.17) is 0 Å². The molecular formula is C14H20N4. The van der Waals surface area contributed by atoms with Gasteiger partial charge in [0, 0.05) is 38.1 Å². The molecule has 0 amide bonds. The number of pyridine rings is 1. The zero-order valence-corrected chi connectivity index (χ0v) is 11.0. The number of rotatable bonds is 6. The molecule has 2 aromatic heterocycles. The van der Waals surface area contributed by atoms with Crippen LogP contribution in [0.3, 0.4) is 0 Å². The third-order valence-electron chi connectivity index (χ3n) is 3.07. The van der Waals surface area contributed by atoms with Crippen molar-refractivity contribution in [3.8, 4) is 0 Å². The standard InChI is InChI=1S/C14H20N4/c1-3-15-13(12-6-4-5-9-16-12)7-8-14-17-10-11-18(14)2/h4-6,9-11,13,15H,3,7-8H2,1-2H3. The summed E-state index contributed by atoms with van der Waals surface area (Å²) in [6, 6.07) is 6.36. The van der Waals surface area contributed by atoms with Gasteiger partial charge in [0.2, 0.25) is 0 Å². The number of aryl methyl sites for hydroxylation is 2. The third-order valence-corrected chi connectivity index (χ3v) is 3.07. The van der Waals surface area contributed by atoms with E-state index in [1.165, 1.54) is 0 Å². The fraction of sp³-hybridized carbons (Fsp3) is 0.429. The maximum absolute atomic E-state index is 4.43. The lowest BCUT2D eigenvalue weighted by molar-refractivity contribution is 0.495. The predicted octanol–water partition coefficient (Wildman–Crippen LogP) is 2.10. The lowest BCUT2D eigenvalue weighted by atomic mass is 10.1. The number of hydrogen-bond donors (Lipinski definition) is 1. The normalized spacial score (nSPS) is 12.6. The van der Waals surface area contributed by atoms with Crippen LogP contribution in [-0.4, -0.2) is 21.1 Å². The number of nitrogens with one attached hydrogen (secondary N) is 1. The predicted molar refractivity (Wildman–Crippen MR) is 72.2 cm³/mol. The maximum atomic E-state index is 4.43. The average molecular weight is 244 g/mol. The van der Waals surface area contributed by atoms with Crippen LogP contribution in [-0.2, 0) is 13.5 Å². The van der Waals surface area contributed by atoms with Gasteiger partial charge in [-0.25, -0.2) is 4.98 Å². The van der Waals surface area contributed by atoms with Crippen molar-refractivity contribution in [3.63, 3.8) is 0 Å². The highest BCUT2D eigenvalue weighted by Crippen LogP contribution is 2.16. The first-order chi connectivity index (χ1) is 8.81. The van der Waals surface area contributed by atoms with E-state index in [0.29, 0.717) is 6.04 Å². The molecule has 2 aromatic rings. The summed E-state index contributed by atoms with van der Waals surface area (Å²) in [5.74, 6) is 1.12. The lowest BCUT2D eigenvalue weighted by Crippen LogP contribution is -2.22. The van der Waals surface area contributed by atoms with Crippen molar-refractivity contribution in [1.29, 1.82) is 0 Å². The molecule has 0 saturated carbocycles. The van der Waals surface area contributed by atoms with Gasteiger partial charge in [-0.15, -0.1) is 0 Å². The first kappa shape index (κ1) is 12.8. The largest absolute Gasteiger partial charge is 0.338 e. The molecule has 2 rings (SSSR count). The SMILES string of the molecule is CCNC(CCc1nccn1C)c1ccccn1. The van der Waals surface area contributed by atoms with Gasteiger partial charge in [-0.2, -0.15) is 0 Å². The summed E-state index contributed by atoms with van der Waals surface area (Å²) >= 11 is 0. The highest BCUT2D eigenvalue weighted by molar-refractivity contribution is 5.09. The molecule has 4 heteroatoms. The fourth-order valence-corrected chi connectivity index (χ4v) is 2.09. The van der Waals surface area contributed by atoms with E-state index < -0.39 is 0 Å². The van der Waals surface area contributed by atoms with E-state index in [9.17, 15) is 0 Å². The summed E-state index contributed by atoms with van der Waals surface area (Å²) in [6.07, 6.45) is 7.64. The summed E-state index contributed by atoms with van der Waals surface area (Å²) in [5, 5.41) is 3.48. The van der Waals surface area contributed by atoms with E-state index in [1.54, 1.807) is 0 Å². The molecule has 0 fully saturated rings. The summed E-state index contributed by atoms with van der Waals surface area (Å²) in [5.41, 5.74) is 1.11. The van der Waals surface area contributed by atoms with Gasteiger partial charge in [-0.1, -0.05) is 13.0 Å². The smallest absolute Gasteiger partial charge is 0.108 e. The van der Waals surface area contributed by atoms with Crippen molar-refractivity contribution >= 4 is 0 Å². The Balaban J connectivity index is 2.01.